The fraction of sp³-hybridized carbons (Fsp3) is 0.500. The Morgan fingerprint density at radius 3 is 2.56 bits per heavy atom. The van der Waals surface area contributed by atoms with Crippen molar-refractivity contribution in [2.45, 2.75) is 71.1 Å². The number of hydrogen-bond acceptors (Lipinski definition) is 0. The van der Waals surface area contributed by atoms with E-state index in [-0.39, 0.29) is 5.82 Å². The van der Waals surface area contributed by atoms with E-state index in [9.17, 15) is 0 Å². The zero-order chi connectivity index (χ0) is 17.6. The van der Waals surface area contributed by atoms with Gasteiger partial charge in [0.1, 0.15) is 5.82 Å². The summed E-state index contributed by atoms with van der Waals surface area (Å²) in [6.07, 6.45) is 13.9. The Kier molecular flexibility index (Phi) is 6.29. The standard InChI is InChI=1S/C24H31F/c1-3-5-6-8-19-11-15-23-21(17-19)14-16-22(24(23)25)20-12-9-18(7-4-2)10-13-20/h4,7,11,14-18,20H,3,5-6,8-10,12-13H2,1-2H3/b7-4+. The molecule has 2 aromatic carbocycles. The van der Waals surface area contributed by atoms with Gasteiger partial charge in [-0.2, -0.15) is 0 Å². The van der Waals surface area contributed by atoms with E-state index in [0.29, 0.717) is 11.8 Å². The van der Waals surface area contributed by atoms with E-state index in [4.69, 9.17) is 0 Å². The third-order valence-corrected chi connectivity index (χ3v) is 5.79. The molecule has 1 aliphatic carbocycles. The summed E-state index contributed by atoms with van der Waals surface area (Å²) < 4.78 is 15.1. The van der Waals surface area contributed by atoms with Crippen molar-refractivity contribution < 1.29 is 4.39 Å². The summed E-state index contributed by atoms with van der Waals surface area (Å²) in [5.41, 5.74) is 2.27. The van der Waals surface area contributed by atoms with E-state index in [0.717, 1.165) is 35.6 Å². The normalized spacial score (nSPS) is 21.2. The van der Waals surface area contributed by atoms with Crippen LogP contribution < -0.4 is 0 Å². The van der Waals surface area contributed by atoms with Gasteiger partial charge in [0.2, 0.25) is 0 Å². The number of halogens is 1. The summed E-state index contributed by atoms with van der Waals surface area (Å²) in [6, 6.07) is 10.5. The molecule has 0 aliphatic heterocycles. The summed E-state index contributed by atoms with van der Waals surface area (Å²) in [4.78, 5) is 0. The minimum Gasteiger partial charge on any atom is -0.206 e. The zero-order valence-corrected chi connectivity index (χ0v) is 15.7. The molecule has 0 nitrogen and oxygen atoms in total. The Morgan fingerprint density at radius 1 is 1.04 bits per heavy atom. The number of hydrogen-bond donors (Lipinski definition) is 0. The molecule has 1 heteroatoms. The number of unbranched alkanes of at least 4 members (excludes halogenated alkanes) is 2. The molecular weight excluding hydrogens is 307 g/mol. The summed E-state index contributed by atoms with van der Waals surface area (Å²) in [5, 5.41) is 1.85. The molecule has 0 spiro atoms. The highest BCUT2D eigenvalue weighted by Crippen LogP contribution is 2.38. The van der Waals surface area contributed by atoms with Crippen LogP contribution in [0.4, 0.5) is 4.39 Å². The smallest absolute Gasteiger partial charge is 0.134 e. The molecule has 3 rings (SSSR count). The first-order valence-electron chi connectivity index (χ1n) is 10.1. The number of rotatable bonds is 6. The van der Waals surface area contributed by atoms with Crippen molar-refractivity contribution in [2.75, 3.05) is 0 Å². The lowest BCUT2D eigenvalue weighted by atomic mass is 9.78. The minimum absolute atomic E-state index is 0.0205. The van der Waals surface area contributed by atoms with Crippen molar-refractivity contribution in [3.63, 3.8) is 0 Å². The van der Waals surface area contributed by atoms with Gasteiger partial charge in [0, 0.05) is 5.39 Å². The molecule has 0 N–H and O–H groups in total. The Morgan fingerprint density at radius 2 is 1.84 bits per heavy atom. The highest BCUT2D eigenvalue weighted by Gasteiger charge is 2.23. The van der Waals surface area contributed by atoms with Crippen LogP contribution in [0.25, 0.3) is 10.8 Å². The molecule has 0 bridgehead atoms. The largest absolute Gasteiger partial charge is 0.206 e. The van der Waals surface area contributed by atoms with Gasteiger partial charge in [0.25, 0.3) is 0 Å². The monoisotopic (exact) mass is 338 g/mol. The van der Waals surface area contributed by atoms with Gasteiger partial charge in [-0.15, -0.1) is 0 Å². The molecule has 1 fully saturated rings. The highest BCUT2D eigenvalue weighted by atomic mass is 19.1. The molecular formula is C24H31F. The van der Waals surface area contributed by atoms with Crippen LogP contribution in [0.2, 0.25) is 0 Å². The Bertz CT molecular complexity index is 720. The van der Waals surface area contributed by atoms with Crippen molar-refractivity contribution in [3.8, 4) is 0 Å². The van der Waals surface area contributed by atoms with Crippen molar-refractivity contribution in [1.29, 1.82) is 0 Å². The minimum atomic E-state index is 0.0205. The number of aryl methyl sites for hydroxylation is 1. The molecule has 1 saturated carbocycles. The van der Waals surface area contributed by atoms with Crippen molar-refractivity contribution in [1.82, 2.24) is 0 Å². The second-order valence-electron chi connectivity index (χ2n) is 7.62. The molecule has 0 radical (unpaired) electrons. The van der Waals surface area contributed by atoms with Gasteiger partial charge in [-0.25, -0.2) is 4.39 Å². The fourth-order valence-electron chi connectivity index (χ4n) is 4.30. The molecule has 2 aromatic rings. The molecule has 134 valence electrons. The maximum Gasteiger partial charge on any atom is 0.134 e. The van der Waals surface area contributed by atoms with Gasteiger partial charge in [-0.3, -0.25) is 0 Å². The topological polar surface area (TPSA) is 0 Å². The maximum absolute atomic E-state index is 15.1. The van der Waals surface area contributed by atoms with Crippen molar-refractivity contribution in [2.24, 2.45) is 5.92 Å². The second kappa shape index (κ2) is 8.65. The van der Waals surface area contributed by atoms with Crippen molar-refractivity contribution in [3.05, 3.63) is 59.4 Å². The fourth-order valence-corrected chi connectivity index (χ4v) is 4.30. The number of fused-ring (bicyclic) bond motifs is 1. The van der Waals surface area contributed by atoms with E-state index in [1.807, 2.05) is 12.1 Å². The lowest BCUT2D eigenvalue weighted by molar-refractivity contribution is 0.369. The van der Waals surface area contributed by atoms with Crippen LogP contribution in [0, 0.1) is 11.7 Å². The molecule has 0 saturated heterocycles. The second-order valence-corrected chi connectivity index (χ2v) is 7.62. The Balaban J connectivity index is 1.77. The first-order valence-corrected chi connectivity index (χ1v) is 10.1. The van der Waals surface area contributed by atoms with Crippen LogP contribution in [0.15, 0.2) is 42.5 Å². The predicted molar refractivity (Wildman–Crippen MR) is 107 cm³/mol. The Hall–Kier alpha value is -1.63. The van der Waals surface area contributed by atoms with Crippen LogP contribution in [-0.4, -0.2) is 0 Å². The molecule has 25 heavy (non-hydrogen) atoms. The molecule has 0 amide bonds. The summed E-state index contributed by atoms with van der Waals surface area (Å²) >= 11 is 0. The van der Waals surface area contributed by atoms with Crippen LogP contribution in [-0.2, 0) is 6.42 Å². The maximum atomic E-state index is 15.1. The van der Waals surface area contributed by atoms with E-state index in [1.165, 1.54) is 37.7 Å². The molecule has 0 atom stereocenters. The third kappa shape index (κ3) is 4.32. The van der Waals surface area contributed by atoms with Crippen LogP contribution >= 0.6 is 0 Å². The van der Waals surface area contributed by atoms with Crippen LogP contribution in [0.3, 0.4) is 0 Å². The predicted octanol–water partition coefficient (Wildman–Crippen LogP) is 7.56. The summed E-state index contributed by atoms with van der Waals surface area (Å²) in [7, 11) is 0. The van der Waals surface area contributed by atoms with Crippen LogP contribution in [0.5, 0.6) is 0 Å². The highest BCUT2D eigenvalue weighted by molar-refractivity contribution is 5.84. The first-order chi connectivity index (χ1) is 12.2. The van der Waals surface area contributed by atoms with E-state index < -0.39 is 0 Å². The first kappa shape index (κ1) is 18.2. The lowest BCUT2D eigenvalue weighted by Crippen LogP contribution is -2.13. The number of benzene rings is 2. The van der Waals surface area contributed by atoms with Gasteiger partial charge in [-0.05, 0) is 73.8 Å². The molecule has 1 aliphatic rings. The Labute approximate surface area is 152 Å². The quantitative estimate of drug-likeness (QED) is 0.376. The van der Waals surface area contributed by atoms with Crippen LogP contribution in [0.1, 0.15) is 75.8 Å². The summed E-state index contributed by atoms with van der Waals surface area (Å²) in [6.45, 7) is 4.31. The number of allylic oxidation sites excluding steroid dienone is 2. The van der Waals surface area contributed by atoms with Crippen molar-refractivity contribution >= 4 is 10.8 Å². The van der Waals surface area contributed by atoms with E-state index in [2.05, 4.69) is 44.2 Å². The van der Waals surface area contributed by atoms with Gasteiger partial charge < -0.3 is 0 Å². The molecule has 0 aromatic heterocycles. The van der Waals surface area contributed by atoms with E-state index in [1.54, 1.807) is 0 Å². The average molecular weight is 339 g/mol. The van der Waals surface area contributed by atoms with Gasteiger partial charge in [0.05, 0.1) is 0 Å². The third-order valence-electron chi connectivity index (χ3n) is 5.79. The van der Waals surface area contributed by atoms with Gasteiger partial charge >= 0.3 is 0 Å². The summed E-state index contributed by atoms with van der Waals surface area (Å²) in [5.74, 6) is 1.10. The zero-order valence-electron chi connectivity index (χ0n) is 15.7. The lowest BCUT2D eigenvalue weighted by Gasteiger charge is -2.27. The van der Waals surface area contributed by atoms with E-state index >= 15 is 4.39 Å². The molecule has 0 heterocycles. The molecule has 0 unspecified atom stereocenters. The van der Waals surface area contributed by atoms with Gasteiger partial charge in [-0.1, -0.05) is 62.2 Å². The SMILES string of the molecule is C/C=C/C1CCC(c2ccc3cc(CCCCC)ccc3c2F)CC1. The average Bonchev–Trinajstić information content (AvgIpc) is 2.63. The van der Waals surface area contributed by atoms with Gasteiger partial charge in [0.15, 0.2) is 0 Å².